The average molecular weight is 486 g/mol. The van der Waals surface area contributed by atoms with Gasteiger partial charge in [-0.05, 0) is 63.3 Å². The maximum atomic E-state index is 13.2. The summed E-state index contributed by atoms with van der Waals surface area (Å²) in [6.07, 6.45) is 2.77. The molecule has 1 amide bonds. The smallest absolute Gasteiger partial charge is 0.243 e. The lowest BCUT2D eigenvalue weighted by molar-refractivity contribution is -0.126. The topological polar surface area (TPSA) is 79.4 Å². The lowest BCUT2D eigenvalue weighted by Crippen LogP contribution is -2.43. The SMILES string of the molecule is Cc1cc(C)c(S(=O)(=O)N2CCC(C(=O)NCCCc3nc4ccccc4s3)CC2)c(C)c1. The van der Waals surface area contributed by atoms with Crippen molar-refractivity contribution in [1.82, 2.24) is 14.6 Å². The van der Waals surface area contributed by atoms with Crippen molar-refractivity contribution in [2.45, 2.75) is 51.3 Å². The first-order valence-corrected chi connectivity index (χ1v) is 13.7. The Bertz CT molecular complexity index is 1200. The van der Waals surface area contributed by atoms with Gasteiger partial charge in [-0.3, -0.25) is 4.79 Å². The molecule has 0 radical (unpaired) electrons. The molecule has 0 bridgehead atoms. The number of carbonyl (C=O) groups excluding carboxylic acids is 1. The Morgan fingerprint density at radius 1 is 1.12 bits per heavy atom. The molecule has 4 rings (SSSR count). The monoisotopic (exact) mass is 485 g/mol. The zero-order valence-electron chi connectivity index (χ0n) is 19.4. The van der Waals surface area contributed by atoms with E-state index in [9.17, 15) is 13.2 Å². The van der Waals surface area contributed by atoms with Crippen molar-refractivity contribution in [3.05, 3.63) is 58.1 Å². The van der Waals surface area contributed by atoms with Gasteiger partial charge in [0, 0.05) is 32.0 Å². The van der Waals surface area contributed by atoms with Crippen molar-refractivity contribution < 1.29 is 13.2 Å². The predicted octanol–water partition coefficient (Wildman–Crippen LogP) is 4.37. The van der Waals surface area contributed by atoms with Crippen LogP contribution >= 0.6 is 11.3 Å². The number of carbonyl (C=O) groups is 1. The maximum absolute atomic E-state index is 13.2. The highest BCUT2D eigenvalue weighted by Crippen LogP contribution is 2.29. The summed E-state index contributed by atoms with van der Waals surface area (Å²) in [5.74, 6) is -0.113. The summed E-state index contributed by atoms with van der Waals surface area (Å²) in [7, 11) is -3.56. The minimum absolute atomic E-state index is 0.0269. The zero-order valence-corrected chi connectivity index (χ0v) is 21.1. The van der Waals surface area contributed by atoms with E-state index < -0.39 is 10.0 Å². The number of fused-ring (bicyclic) bond motifs is 1. The quantitative estimate of drug-likeness (QED) is 0.504. The van der Waals surface area contributed by atoms with Crippen molar-refractivity contribution in [3.8, 4) is 0 Å². The zero-order chi connectivity index (χ0) is 23.6. The second-order valence-electron chi connectivity index (χ2n) is 8.88. The number of hydrogen-bond donors (Lipinski definition) is 1. The molecule has 1 aliphatic rings. The molecule has 0 aliphatic carbocycles. The average Bonchev–Trinajstić information content (AvgIpc) is 3.18. The van der Waals surface area contributed by atoms with Crippen LogP contribution in [0.25, 0.3) is 10.2 Å². The number of nitrogens with zero attached hydrogens (tertiary/aromatic N) is 2. The molecule has 1 aromatic heterocycles. The molecule has 6 nitrogen and oxygen atoms in total. The van der Waals surface area contributed by atoms with E-state index in [1.165, 1.54) is 9.01 Å². The molecular formula is C25H31N3O3S2. The van der Waals surface area contributed by atoms with Gasteiger partial charge in [-0.15, -0.1) is 11.3 Å². The molecule has 176 valence electrons. The van der Waals surface area contributed by atoms with E-state index in [-0.39, 0.29) is 11.8 Å². The molecule has 1 aliphatic heterocycles. The molecule has 2 aromatic carbocycles. The fraction of sp³-hybridized carbons (Fsp3) is 0.440. The summed E-state index contributed by atoms with van der Waals surface area (Å²) < 4.78 is 29.2. The molecule has 1 N–H and O–H groups in total. The van der Waals surface area contributed by atoms with Crippen LogP contribution in [0.3, 0.4) is 0 Å². The first kappa shape index (κ1) is 23.9. The summed E-state index contributed by atoms with van der Waals surface area (Å²) in [4.78, 5) is 17.7. The fourth-order valence-corrected chi connectivity index (χ4v) is 7.57. The van der Waals surface area contributed by atoms with Gasteiger partial charge < -0.3 is 5.32 Å². The number of nitrogens with one attached hydrogen (secondary N) is 1. The van der Waals surface area contributed by atoms with Crippen molar-refractivity contribution >= 4 is 37.5 Å². The van der Waals surface area contributed by atoms with Gasteiger partial charge in [0.1, 0.15) is 0 Å². The third-order valence-electron chi connectivity index (χ3n) is 6.23. The van der Waals surface area contributed by atoms with Gasteiger partial charge in [-0.1, -0.05) is 29.8 Å². The van der Waals surface area contributed by atoms with Crippen LogP contribution in [0.4, 0.5) is 0 Å². The minimum Gasteiger partial charge on any atom is -0.356 e. The van der Waals surface area contributed by atoms with Crippen LogP contribution in [0.5, 0.6) is 0 Å². The molecule has 0 saturated carbocycles. The van der Waals surface area contributed by atoms with Gasteiger partial charge in [0.2, 0.25) is 15.9 Å². The summed E-state index contributed by atoms with van der Waals surface area (Å²) in [5.41, 5.74) is 3.64. The Kier molecular flexibility index (Phi) is 7.16. The second-order valence-corrected chi connectivity index (χ2v) is 11.9. The van der Waals surface area contributed by atoms with Crippen molar-refractivity contribution in [2.24, 2.45) is 5.92 Å². The Balaban J connectivity index is 1.26. The molecule has 2 heterocycles. The summed E-state index contributed by atoms with van der Waals surface area (Å²) in [5, 5.41) is 4.12. The highest BCUT2D eigenvalue weighted by molar-refractivity contribution is 7.89. The molecule has 8 heteroatoms. The van der Waals surface area contributed by atoms with E-state index in [0.29, 0.717) is 37.4 Å². The van der Waals surface area contributed by atoms with Gasteiger partial charge in [-0.2, -0.15) is 4.31 Å². The summed E-state index contributed by atoms with van der Waals surface area (Å²) in [6, 6.07) is 11.9. The Labute approximate surface area is 200 Å². The number of sulfonamides is 1. The molecule has 0 atom stereocenters. The highest BCUT2D eigenvalue weighted by atomic mass is 32.2. The number of benzene rings is 2. The predicted molar refractivity (Wildman–Crippen MR) is 133 cm³/mol. The van der Waals surface area contributed by atoms with Crippen LogP contribution in [0.2, 0.25) is 0 Å². The molecule has 0 spiro atoms. The number of piperidine rings is 1. The number of aromatic nitrogens is 1. The van der Waals surface area contributed by atoms with Gasteiger partial charge in [0.05, 0.1) is 20.1 Å². The van der Waals surface area contributed by atoms with Crippen LogP contribution in [0, 0.1) is 26.7 Å². The first-order valence-electron chi connectivity index (χ1n) is 11.5. The fourth-order valence-electron chi connectivity index (χ4n) is 4.68. The van der Waals surface area contributed by atoms with Gasteiger partial charge in [0.15, 0.2) is 0 Å². The van der Waals surface area contributed by atoms with Gasteiger partial charge in [-0.25, -0.2) is 13.4 Å². The van der Waals surface area contributed by atoms with Crippen molar-refractivity contribution in [2.75, 3.05) is 19.6 Å². The Morgan fingerprint density at radius 2 is 1.79 bits per heavy atom. The molecule has 3 aromatic rings. The van der Waals surface area contributed by atoms with E-state index in [1.807, 2.05) is 51.1 Å². The van der Waals surface area contributed by atoms with Crippen LogP contribution < -0.4 is 5.32 Å². The largest absolute Gasteiger partial charge is 0.356 e. The molecular weight excluding hydrogens is 454 g/mol. The normalized spacial score (nSPS) is 15.7. The van der Waals surface area contributed by atoms with Crippen molar-refractivity contribution in [1.29, 1.82) is 0 Å². The third kappa shape index (κ3) is 5.28. The molecule has 33 heavy (non-hydrogen) atoms. The number of hydrogen-bond acceptors (Lipinski definition) is 5. The number of para-hydroxylation sites is 1. The van der Waals surface area contributed by atoms with Gasteiger partial charge in [0.25, 0.3) is 0 Å². The van der Waals surface area contributed by atoms with Crippen molar-refractivity contribution in [3.63, 3.8) is 0 Å². The molecule has 0 unspecified atom stereocenters. The van der Waals surface area contributed by atoms with Crippen LogP contribution in [-0.4, -0.2) is 43.2 Å². The van der Waals surface area contributed by atoms with E-state index in [1.54, 1.807) is 11.3 Å². The highest BCUT2D eigenvalue weighted by Gasteiger charge is 2.33. The lowest BCUT2D eigenvalue weighted by Gasteiger charge is -2.31. The van der Waals surface area contributed by atoms with E-state index in [4.69, 9.17) is 0 Å². The Morgan fingerprint density at radius 3 is 2.45 bits per heavy atom. The van der Waals surface area contributed by atoms with Crippen LogP contribution in [0.1, 0.15) is 41.0 Å². The number of thiazole rings is 1. The minimum atomic E-state index is -3.56. The number of amides is 1. The van der Waals surface area contributed by atoms with E-state index in [0.717, 1.165) is 40.1 Å². The first-order chi connectivity index (χ1) is 15.8. The standard InChI is InChI=1S/C25H31N3O3S2/c1-17-15-18(2)24(19(3)16-17)33(30,31)28-13-10-20(11-14-28)25(29)26-12-6-9-23-27-21-7-4-5-8-22(21)32-23/h4-5,7-8,15-16,20H,6,9-14H2,1-3H3,(H,26,29). The van der Waals surface area contributed by atoms with E-state index in [2.05, 4.69) is 16.4 Å². The number of rotatable bonds is 7. The van der Waals surface area contributed by atoms with Gasteiger partial charge >= 0.3 is 0 Å². The molecule has 1 saturated heterocycles. The van der Waals surface area contributed by atoms with E-state index >= 15 is 0 Å². The maximum Gasteiger partial charge on any atom is 0.243 e. The summed E-state index contributed by atoms with van der Waals surface area (Å²) >= 11 is 1.70. The molecule has 1 fully saturated rings. The van der Waals surface area contributed by atoms with Crippen LogP contribution in [-0.2, 0) is 21.2 Å². The number of aryl methyl sites for hydroxylation is 4. The van der Waals surface area contributed by atoms with Crippen LogP contribution in [0.15, 0.2) is 41.3 Å². The lowest BCUT2D eigenvalue weighted by atomic mass is 9.97. The Hall–Kier alpha value is -2.29. The second kappa shape index (κ2) is 9.91. The third-order valence-corrected chi connectivity index (χ3v) is 9.53. The summed E-state index contributed by atoms with van der Waals surface area (Å²) in [6.45, 7) is 7.02.